The van der Waals surface area contributed by atoms with Crippen LogP contribution < -0.4 is 5.73 Å². The van der Waals surface area contributed by atoms with Gasteiger partial charge in [-0.25, -0.2) is 4.68 Å². The Bertz CT molecular complexity index is 576. The molecule has 1 atom stereocenters. The molecule has 2 aromatic rings. The number of rotatable bonds is 7. The third kappa shape index (κ3) is 3.60. The van der Waals surface area contributed by atoms with Crippen LogP contribution in [0.25, 0.3) is 11.4 Å². The molecule has 0 aliphatic rings. The number of nitrogens with two attached hydrogens (primary N) is 1. The van der Waals surface area contributed by atoms with Crippen molar-refractivity contribution in [1.82, 2.24) is 20.2 Å². The summed E-state index contributed by atoms with van der Waals surface area (Å²) < 4.78 is 1.98. The summed E-state index contributed by atoms with van der Waals surface area (Å²) in [6.45, 7) is 6.42. The number of aromatic nitrogens is 4. The Kier molecular flexibility index (Phi) is 5.31. The standard InChI is InChI=1S/C16H25N5/c1-4-6-8-14(7-5-2)21-16(18-19-20-21)13-10-9-12(3)15(17)11-13/h9-11,14H,4-8,17H2,1-3H3. The van der Waals surface area contributed by atoms with Crippen LogP contribution in [0.3, 0.4) is 0 Å². The van der Waals surface area contributed by atoms with E-state index < -0.39 is 0 Å². The summed E-state index contributed by atoms with van der Waals surface area (Å²) in [5.41, 5.74) is 8.86. The van der Waals surface area contributed by atoms with E-state index in [1.807, 2.05) is 29.8 Å². The normalized spacial score (nSPS) is 12.5. The first-order valence-corrected chi connectivity index (χ1v) is 7.81. The van der Waals surface area contributed by atoms with Gasteiger partial charge >= 0.3 is 0 Å². The van der Waals surface area contributed by atoms with E-state index in [2.05, 4.69) is 29.4 Å². The van der Waals surface area contributed by atoms with Gasteiger partial charge in [-0.2, -0.15) is 0 Å². The maximum Gasteiger partial charge on any atom is 0.182 e. The fraction of sp³-hybridized carbons (Fsp3) is 0.562. The molecule has 1 heterocycles. The fourth-order valence-electron chi connectivity index (χ4n) is 2.57. The van der Waals surface area contributed by atoms with E-state index in [9.17, 15) is 0 Å². The Hall–Kier alpha value is -1.91. The van der Waals surface area contributed by atoms with Gasteiger partial charge in [0.25, 0.3) is 0 Å². The van der Waals surface area contributed by atoms with Gasteiger partial charge in [-0.3, -0.25) is 0 Å². The molecule has 0 fully saturated rings. The molecule has 5 nitrogen and oxygen atoms in total. The highest BCUT2D eigenvalue weighted by atomic mass is 15.5. The topological polar surface area (TPSA) is 69.6 Å². The van der Waals surface area contributed by atoms with E-state index in [1.165, 1.54) is 12.8 Å². The molecule has 0 spiro atoms. The van der Waals surface area contributed by atoms with Crippen LogP contribution in [0, 0.1) is 6.92 Å². The zero-order valence-corrected chi connectivity index (χ0v) is 13.2. The van der Waals surface area contributed by atoms with Gasteiger partial charge in [0.1, 0.15) is 0 Å². The quantitative estimate of drug-likeness (QED) is 0.787. The van der Waals surface area contributed by atoms with E-state index in [1.54, 1.807) is 0 Å². The lowest BCUT2D eigenvalue weighted by molar-refractivity contribution is 0.380. The second kappa shape index (κ2) is 7.20. The number of hydrogen-bond acceptors (Lipinski definition) is 4. The van der Waals surface area contributed by atoms with Crippen molar-refractivity contribution in [2.45, 2.75) is 58.9 Å². The van der Waals surface area contributed by atoms with Crippen LogP contribution in [0.2, 0.25) is 0 Å². The third-order valence-electron chi connectivity index (χ3n) is 3.89. The van der Waals surface area contributed by atoms with E-state index >= 15 is 0 Å². The van der Waals surface area contributed by atoms with Crippen molar-refractivity contribution in [3.05, 3.63) is 23.8 Å². The Morgan fingerprint density at radius 1 is 1.19 bits per heavy atom. The lowest BCUT2D eigenvalue weighted by Crippen LogP contribution is -2.12. The van der Waals surface area contributed by atoms with Crippen molar-refractivity contribution in [1.29, 1.82) is 0 Å². The summed E-state index contributed by atoms with van der Waals surface area (Å²) in [5.74, 6) is 0.816. The van der Waals surface area contributed by atoms with Crippen molar-refractivity contribution in [3.63, 3.8) is 0 Å². The molecule has 2 rings (SSSR count). The predicted octanol–water partition coefficient (Wildman–Crippen LogP) is 3.76. The molecule has 0 aliphatic carbocycles. The van der Waals surface area contributed by atoms with Gasteiger partial charge in [0.2, 0.25) is 0 Å². The second-order valence-electron chi connectivity index (χ2n) is 5.60. The minimum Gasteiger partial charge on any atom is -0.398 e. The van der Waals surface area contributed by atoms with Gasteiger partial charge in [-0.15, -0.1) is 5.10 Å². The first-order valence-electron chi connectivity index (χ1n) is 7.81. The Morgan fingerprint density at radius 2 is 2.00 bits per heavy atom. The monoisotopic (exact) mass is 287 g/mol. The van der Waals surface area contributed by atoms with Crippen molar-refractivity contribution >= 4 is 5.69 Å². The molecule has 0 saturated carbocycles. The smallest absolute Gasteiger partial charge is 0.182 e. The largest absolute Gasteiger partial charge is 0.398 e. The number of aryl methyl sites for hydroxylation is 1. The van der Waals surface area contributed by atoms with Gasteiger partial charge in [-0.1, -0.05) is 45.2 Å². The minimum atomic E-state index is 0.363. The molecular weight excluding hydrogens is 262 g/mol. The SMILES string of the molecule is CCCCC(CCC)n1nnnc1-c1ccc(C)c(N)c1. The summed E-state index contributed by atoms with van der Waals surface area (Å²) >= 11 is 0. The minimum absolute atomic E-state index is 0.363. The average molecular weight is 287 g/mol. The number of hydrogen-bond donors (Lipinski definition) is 1. The summed E-state index contributed by atoms with van der Waals surface area (Å²) in [7, 11) is 0. The molecule has 1 aromatic heterocycles. The summed E-state index contributed by atoms with van der Waals surface area (Å²) in [6, 6.07) is 6.38. The van der Waals surface area contributed by atoms with E-state index in [-0.39, 0.29) is 0 Å². The number of unbranched alkanes of at least 4 members (excludes halogenated alkanes) is 1. The molecule has 0 aliphatic heterocycles. The molecule has 0 amide bonds. The summed E-state index contributed by atoms with van der Waals surface area (Å²) in [5, 5.41) is 12.3. The van der Waals surface area contributed by atoms with Gasteiger partial charge in [0.05, 0.1) is 6.04 Å². The molecule has 0 saturated heterocycles. The molecule has 114 valence electrons. The van der Waals surface area contributed by atoms with Crippen molar-refractivity contribution in [2.24, 2.45) is 0 Å². The Morgan fingerprint density at radius 3 is 2.67 bits per heavy atom. The van der Waals surface area contributed by atoms with Crippen LogP contribution in [0.15, 0.2) is 18.2 Å². The fourth-order valence-corrected chi connectivity index (χ4v) is 2.57. The Balaban J connectivity index is 2.33. The molecule has 1 aromatic carbocycles. The lowest BCUT2D eigenvalue weighted by atomic mass is 10.0. The van der Waals surface area contributed by atoms with Crippen molar-refractivity contribution < 1.29 is 0 Å². The zero-order chi connectivity index (χ0) is 15.2. The number of anilines is 1. The van der Waals surface area contributed by atoms with Crippen LogP contribution in [0.4, 0.5) is 5.69 Å². The van der Waals surface area contributed by atoms with Crippen LogP contribution in [-0.4, -0.2) is 20.2 Å². The predicted molar refractivity (Wildman–Crippen MR) is 85.9 cm³/mol. The van der Waals surface area contributed by atoms with E-state index in [4.69, 9.17) is 5.73 Å². The highest BCUT2D eigenvalue weighted by Crippen LogP contribution is 2.27. The number of nitrogen functional groups attached to an aromatic ring is 1. The third-order valence-corrected chi connectivity index (χ3v) is 3.89. The molecule has 21 heavy (non-hydrogen) atoms. The first kappa shape index (κ1) is 15.5. The molecule has 5 heteroatoms. The molecule has 1 unspecified atom stereocenters. The second-order valence-corrected chi connectivity index (χ2v) is 5.60. The van der Waals surface area contributed by atoms with Gasteiger partial charge < -0.3 is 5.73 Å². The molecule has 2 N–H and O–H groups in total. The van der Waals surface area contributed by atoms with Crippen molar-refractivity contribution in [3.8, 4) is 11.4 Å². The van der Waals surface area contributed by atoms with Crippen LogP contribution in [0.1, 0.15) is 57.6 Å². The maximum atomic E-state index is 6.01. The molecular formula is C16H25N5. The first-order chi connectivity index (χ1) is 10.2. The van der Waals surface area contributed by atoms with Gasteiger partial charge in [0, 0.05) is 11.3 Å². The highest BCUT2D eigenvalue weighted by Gasteiger charge is 2.17. The van der Waals surface area contributed by atoms with Gasteiger partial charge in [-0.05, 0) is 41.8 Å². The van der Waals surface area contributed by atoms with E-state index in [0.29, 0.717) is 6.04 Å². The number of benzene rings is 1. The lowest BCUT2D eigenvalue weighted by Gasteiger charge is -2.17. The molecule has 0 bridgehead atoms. The number of tetrazole rings is 1. The number of nitrogens with zero attached hydrogens (tertiary/aromatic N) is 4. The van der Waals surface area contributed by atoms with Crippen LogP contribution in [-0.2, 0) is 0 Å². The molecule has 0 radical (unpaired) electrons. The van der Waals surface area contributed by atoms with Crippen molar-refractivity contribution in [2.75, 3.05) is 5.73 Å². The van der Waals surface area contributed by atoms with Crippen LogP contribution in [0.5, 0.6) is 0 Å². The van der Waals surface area contributed by atoms with Gasteiger partial charge in [0.15, 0.2) is 5.82 Å². The summed E-state index contributed by atoms with van der Waals surface area (Å²) in [4.78, 5) is 0. The summed E-state index contributed by atoms with van der Waals surface area (Å²) in [6.07, 6.45) is 5.72. The van der Waals surface area contributed by atoms with E-state index in [0.717, 1.165) is 41.9 Å². The zero-order valence-electron chi connectivity index (χ0n) is 13.2. The Labute approximate surface area is 126 Å². The van der Waals surface area contributed by atoms with Crippen LogP contribution >= 0.6 is 0 Å². The maximum absolute atomic E-state index is 6.01. The average Bonchev–Trinajstić information content (AvgIpc) is 2.95. The highest BCUT2D eigenvalue weighted by molar-refractivity contribution is 5.63.